The number of anilines is 1. The molecule has 0 unspecified atom stereocenters. The quantitative estimate of drug-likeness (QED) is 0.772. The normalized spacial score (nSPS) is 14.9. The summed E-state index contributed by atoms with van der Waals surface area (Å²) in [5.41, 5.74) is 1.01. The molecule has 1 heterocycles. The number of aromatic nitrogens is 2. The zero-order valence-electron chi connectivity index (χ0n) is 12.1. The Morgan fingerprint density at radius 3 is 2.68 bits per heavy atom. The van der Waals surface area contributed by atoms with Gasteiger partial charge in [-0.1, -0.05) is 0 Å². The van der Waals surface area contributed by atoms with Crippen molar-refractivity contribution in [3.05, 3.63) is 18.1 Å². The Kier molecular flexibility index (Phi) is 5.10. The lowest BCUT2D eigenvalue weighted by Crippen LogP contribution is -2.34. The molecule has 5 nitrogen and oxygen atoms in total. The predicted molar refractivity (Wildman–Crippen MR) is 76.3 cm³/mol. The summed E-state index contributed by atoms with van der Waals surface area (Å²) < 4.78 is 5.14. The summed E-state index contributed by atoms with van der Waals surface area (Å²) in [5.74, 6) is 0.919. The van der Waals surface area contributed by atoms with Crippen LogP contribution in [0.3, 0.4) is 0 Å². The van der Waals surface area contributed by atoms with Gasteiger partial charge in [-0.15, -0.1) is 0 Å². The molecule has 0 atom stereocenters. The van der Waals surface area contributed by atoms with Crippen LogP contribution in [-0.2, 0) is 11.3 Å². The van der Waals surface area contributed by atoms with Crippen molar-refractivity contribution in [2.75, 3.05) is 25.2 Å². The molecule has 0 bridgehead atoms. The van der Waals surface area contributed by atoms with Gasteiger partial charge in [-0.05, 0) is 26.7 Å². The molecule has 1 saturated carbocycles. The van der Waals surface area contributed by atoms with Crippen molar-refractivity contribution >= 4 is 5.82 Å². The highest BCUT2D eigenvalue weighted by Gasteiger charge is 2.20. The highest BCUT2D eigenvalue weighted by molar-refractivity contribution is 5.36. The van der Waals surface area contributed by atoms with Gasteiger partial charge in [0.1, 0.15) is 5.82 Å². The molecular formula is C14H24N4O. The van der Waals surface area contributed by atoms with Crippen molar-refractivity contribution in [3.63, 3.8) is 0 Å². The number of ether oxygens (including phenoxy) is 1. The third-order valence-corrected chi connectivity index (χ3v) is 3.29. The third-order valence-electron chi connectivity index (χ3n) is 3.29. The van der Waals surface area contributed by atoms with E-state index in [0.717, 1.165) is 24.6 Å². The number of methoxy groups -OCH3 is 1. The Morgan fingerprint density at radius 2 is 2.16 bits per heavy atom. The molecule has 0 radical (unpaired) electrons. The van der Waals surface area contributed by atoms with Crippen LogP contribution in [0.2, 0.25) is 0 Å². The maximum Gasteiger partial charge on any atom is 0.147 e. The molecule has 0 aromatic carbocycles. The van der Waals surface area contributed by atoms with Crippen molar-refractivity contribution < 1.29 is 4.74 Å². The van der Waals surface area contributed by atoms with Crippen LogP contribution in [0.25, 0.3) is 0 Å². The average Bonchev–Trinajstić information content (AvgIpc) is 3.22. The lowest BCUT2D eigenvalue weighted by atomic mass is 10.3. The van der Waals surface area contributed by atoms with Crippen LogP contribution in [-0.4, -0.2) is 42.3 Å². The van der Waals surface area contributed by atoms with Crippen LogP contribution >= 0.6 is 0 Å². The number of hydrogen-bond donors (Lipinski definition) is 1. The first-order valence-corrected chi connectivity index (χ1v) is 7.00. The summed E-state index contributed by atoms with van der Waals surface area (Å²) in [7, 11) is 1.72. The van der Waals surface area contributed by atoms with Gasteiger partial charge in [0.15, 0.2) is 0 Å². The minimum Gasteiger partial charge on any atom is -0.383 e. The van der Waals surface area contributed by atoms with Crippen molar-refractivity contribution in [2.24, 2.45) is 0 Å². The summed E-state index contributed by atoms with van der Waals surface area (Å²) in [4.78, 5) is 11.2. The molecule has 1 aliphatic carbocycles. The minimum absolute atomic E-state index is 0.389. The smallest absolute Gasteiger partial charge is 0.147 e. The van der Waals surface area contributed by atoms with Crippen LogP contribution in [0, 0.1) is 0 Å². The van der Waals surface area contributed by atoms with Gasteiger partial charge in [-0.2, -0.15) is 0 Å². The van der Waals surface area contributed by atoms with E-state index in [0.29, 0.717) is 18.7 Å². The zero-order valence-corrected chi connectivity index (χ0v) is 12.1. The second-order valence-corrected chi connectivity index (χ2v) is 5.30. The lowest BCUT2D eigenvalue weighted by molar-refractivity contribution is 0.203. The van der Waals surface area contributed by atoms with Crippen molar-refractivity contribution in [1.29, 1.82) is 0 Å². The van der Waals surface area contributed by atoms with Crippen LogP contribution in [0.4, 0.5) is 5.82 Å². The van der Waals surface area contributed by atoms with E-state index >= 15 is 0 Å². The molecule has 1 aromatic heterocycles. The van der Waals surface area contributed by atoms with E-state index in [-0.39, 0.29) is 0 Å². The first-order valence-electron chi connectivity index (χ1n) is 7.00. The summed E-state index contributed by atoms with van der Waals surface area (Å²) >= 11 is 0. The Morgan fingerprint density at radius 1 is 1.37 bits per heavy atom. The molecule has 106 valence electrons. The molecule has 1 aromatic rings. The fourth-order valence-corrected chi connectivity index (χ4v) is 1.95. The molecule has 1 N–H and O–H groups in total. The summed E-state index contributed by atoms with van der Waals surface area (Å²) in [6, 6.07) is 1.09. The van der Waals surface area contributed by atoms with Gasteiger partial charge in [-0.25, -0.2) is 4.98 Å². The van der Waals surface area contributed by atoms with Gasteiger partial charge >= 0.3 is 0 Å². The molecule has 0 spiro atoms. The number of rotatable bonds is 8. The van der Waals surface area contributed by atoms with Crippen molar-refractivity contribution in [1.82, 2.24) is 15.3 Å². The molecule has 0 amide bonds. The first kappa shape index (κ1) is 14.2. The van der Waals surface area contributed by atoms with E-state index in [1.165, 1.54) is 12.8 Å². The van der Waals surface area contributed by atoms with Crippen LogP contribution in [0.15, 0.2) is 12.4 Å². The van der Waals surface area contributed by atoms with E-state index in [1.54, 1.807) is 7.11 Å². The Labute approximate surface area is 115 Å². The van der Waals surface area contributed by atoms with E-state index in [4.69, 9.17) is 4.74 Å². The van der Waals surface area contributed by atoms with Crippen LogP contribution in [0.1, 0.15) is 32.4 Å². The third kappa shape index (κ3) is 4.44. The van der Waals surface area contributed by atoms with Crippen LogP contribution in [0.5, 0.6) is 0 Å². The fourth-order valence-electron chi connectivity index (χ4n) is 1.95. The molecule has 5 heteroatoms. The first-order chi connectivity index (χ1) is 9.20. The Balaban J connectivity index is 1.93. The second-order valence-electron chi connectivity index (χ2n) is 5.30. The zero-order chi connectivity index (χ0) is 13.7. The van der Waals surface area contributed by atoms with Gasteiger partial charge < -0.3 is 15.0 Å². The van der Waals surface area contributed by atoms with E-state index < -0.39 is 0 Å². The highest BCUT2D eigenvalue weighted by atomic mass is 16.5. The number of nitrogens with one attached hydrogen (secondary N) is 1. The Hall–Kier alpha value is -1.20. The lowest BCUT2D eigenvalue weighted by Gasteiger charge is -2.27. The topological polar surface area (TPSA) is 50.3 Å². The van der Waals surface area contributed by atoms with E-state index in [2.05, 4.69) is 34.0 Å². The molecule has 1 aliphatic rings. The summed E-state index contributed by atoms with van der Waals surface area (Å²) in [6.07, 6.45) is 6.32. The predicted octanol–water partition coefficient (Wildman–Crippen LogP) is 1.59. The molecule has 1 fully saturated rings. The standard InChI is InChI=1S/C14H24N4O/c1-11(2)18(6-7-19-3)14-10-16-13(9-17-14)8-15-12-4-5-12/h9-12,15H,4-8H2,1-3H3. The van der Waals surface area contributed by atoms with Gasteiger partial charge in [0.2, 0.25) is 0 Å². The fraction of sp³-hybridized carbons (Fsp3) is 0.714. The summed E-state index contributed by atoms with van der Waals surface area (Å²) in [5, 5.41) is 3.44. The van der Waals surface area contributed by atoms with Crippen molar-refractivity contribution in [3.8, 4) is 0 Å². The molecule has 19 heavy (non-hydrogen) atoms. The van der Waals surface area contributed by atoms with Gasteiger partial charge in [0.25, 0.3) is 0 Å². The van der Waals surface area contributed by atoms with Gasteiger partial charge in [0, 0.05) is 32.3 Å². The largest absolute Gasteiger partial charge is 0.383 e. The molecule has 0 aliphatic heterocycles. The molecular weight excluding hydrogens is 240 g/mol. The average molecular weight is 264 g/mol. The van der Waals surface area contributed by atoms with Gasteiger partial charge in [0.05, 0.1) is 24.7 Å². The van der Waals surface area contributed by atoms with Crippen molar-refractivity contribution in [2.45, 2.75) is 45.3 Å². The monoisotopic (exact) mass is 264 g/mol. The minimum atomic E-state index is 0.389. The molecule has 0 saturated heterocycles. The Bertz CT molecular complexity index is 376. The number of hydrogen-bond acceptors (Lipinski definition) is 5. The van der Waals surface area contributed by atoms with Crippen LogP contribution < -0.4 is 10.2 Å². The maximum absolute atomic E-state index is 5.14. The number of nitrogens with zero attached hydrogens (tertiary/aromatic N) is 3. The molecule has 2 rings (SSSR count). The highest BCUT2D eigenvalue weighted by Crippen LogP contribution is 2.19. The SMILES string of the molecule is COCCN(c1cnc(CNC2CC2)cn1)C(C)C. The maximum atomic E-state index is 5.14. The second kappa shape index (κ2) is 6.82. The van der Waals surface area contributed by atoms with E-state index in [1.807, 2.05) is 12.4 Å². The van der Waals surface area contributed by atoms with E-state index in [9.17, 15) is 0 Å². The summed E-state index contributed by atoms with van der Waals surface area (Å²) in [6.45, 7) is 6.66. The van der Waals surface area contributed by atoms with Gasteiger partial charge in [-0.3, -0.25) is 4.98 Å².